The molecule has 0 saturated heterocycles. The Labute approximate surface area is 122 Å². The molecule has 0 spiro atoms. The van der Waals surface area contributed by atoms with Gasteiger partial charge < -0.3 is 5.32 Å². The molecule has 96 valence electrons. The molecule has 0 heterocycles. The summed E-state index contributed by atoms with van der Waals surface area (Å²) in [5.41, 5.74) is 2.68. The summed E-state index contributed by atoms with van der Waals surface area (Å²) < 4.78 is 2.44. The van der Waals surface area contributed by atoms with Crippen molar-refractivity contribution in [2.75, 3.05) is 13.1 Å². The van der Waals surface area contributed by atoms with Gasteiger partial charge in [0.15, 0.2) is 0 Å². The molecule has 0 saturated carbocycles. The van der Waals surface area contributed by atoms with Gasteiger partial charge in [-0.05, 0) is 69.0 Å². The summed E-state index contributed by atoms with van der Waals surface area (Å²) in [6.07, 6.45) is 4.85. The number of unbranched alkanes of at least 4 members (excludes halogenated alkanes) is 1. The smallest absolute Gasteiger partial charge is 0.0210 e. The Morgan fingerprint density at radius 1 is 1.06 bits per heavy atom. The Bertz CT molecular complexity index is 350. The molecule has 0 fully saturated rings. The lowest BCUT2D eigenvalue weighted by Gasteiger charge is -2.08. The number of aryl methyl sites for hydroxylation is 2. The van der Waals surface area contributed by atoms with Crippen LogP contribution in [0.5, 0.6) is 0 Å². The Hall–Kier alpha value is 0.140. The number of rotatable bonds is 7. The summed E-state index contributed by atoms with van der Waals surface area (Å²) >= 11 is 7.23. The molecular weight excluding hydrogens is 342 g/mol. The third kappa shape index (κ3) is 5.54. The van der Waals surface area contributed by atoms with E-state index in [1.54, 1.807) is 0 Å². The summed E-state index contributed by atoms with van der Waals surface area (Å²) in [6, 6.07) is 4.42. The minimum absolute atomic E-state index is 1.14. The van der Waals surface area contributed by atoms with Crippen LogP contribution in [0.1, 0.15) is 37.3 Å². The van der Waals surface area contributed by atoms with Gasteiger partial charge in [-0.1, -0.05) is 38.8 Å². The third-order valence-corrected chi connectivity index (χ3v) is 4.40. The van der Waals surface area contributed by atoms with Crippen molar-refractivity contribution < 1.29 is 0 Å². The highest BCUT2D eigenvalue weighted by molar-refractivity contribution is 9.11. The molecule has 17 heavy (non-hydrogen) atoms. The summed E-state index contributed by atoms with van der Waals surface area (Å²) in [5, 5.41) is 3.44. The highest BCUT2D eigenvalue weighted by Gasteiger charge is 2.03. The maximum atomic E-state index is 3.64. The van der Waals surface area contributed by atoms with Crippen LogP contribution < -0.4 is 5.32 Å². The Morgan fingerprint density at radius 3 is 2.53 bits per heavy atom. The van der Waals surface area contributed by atoms with E-state index < -0.39 is 0 Å². The van der Waals surface area contributed by atoms with Gasteiger partial charge in [0.05, 0.1) is 0 Å². The lowest BCUT2D eigenvalue weighted by molar-refractivity contribution is 0.616. The van der Waals surface area contributed by atoms with E-state index in [0.717, 1.165) is 19.5 Å². The second-order valence-corrected chi connectivity index (χ2v) is 6.11. The average molecular weight is 363 g/mol. The molecule has 1 aromatic carbocycles. The zero-order valence-electron chi connectivity index (χ0n) is 10.7. The van der Waals surface area contributed by atoms with Crippen molar-refractivity contribution in [3.63, 3.8) is 0 Å². The van der Waals surface area contributed by atoms with Gasteiger partial charge in [-0.15, -0.1) is 0 Å². The van der Waals surface area contributed by atoms with Crippen LogP contribution in [-0.2, 0) is 6.42 Å². The van der Waals surface area contributed by atoms with E-state index in [1.807, 2.05) is 0 Å². The van der Waals surface area contributed by atoms with E-state index in [0.29, 0.717) is 0 Å². The van der Waals surface area contributed by atoms with Crippen molar-refractivity contribution in [3.8, 4) is 0 Å². The van der Waals surface area contributed by atoms with Crippen LogP contribution in [0.25, 0.3) is 0 Å². The van der Waals surface area contributed by atoms with Gasteiger partial charge in [0.1, 0.15) is 0 Å². The Kier molecular flexibility index (Phi) is 7.40. The normalized spacial score (nSPS) is 10.8. The van der Waals surface area contributed by atoms with Crippen LogP contribution in [0.3, 0.4) is 0 Å². The van der Waals surface area contributed by atoms with Gasteiger partial charge in [-0.2, -0.15) is 0 Å². The van der Waals surface area contributed by atoms with Crippen molar-refractivity contribution in [2.24, 2.45) is 0 Å². The predicted octanol–water partition coefficient (Wildman–Crippen LogP) is 4.84. The second-order valence-electron chi connectivity index (χ2n) is 4.40. The Morgan fingerprint density at radius 2 is 1.82 bits per heavy atom. The fraction of sp³-hybridized carbons (Fsp3) is 0.571. The third-order valence-electron chi connectivity index (χ3n) is 2.80. The monoisotopic (exact) mass is 361 g/mol. The van der Waals surface area contributed by atoms with E-state index >= 15 is 0 Å². The molecule has 0 aromatic heterocycles. The first-order valence-electron chi connectivity index (χ1n) is 6.30. The lowest BCUT2D eigenvalue weighted by atomic mass is 10.1. The molecule has 0 aliphatic rings. The lowest BCUT2D eigenvalue weighted by Crippen LogP contribution is -2.15. The van der Waals surface area contributed by atoms with E-state index in [9.17, 15) is 0 Å². The number of hydrogen-bond donors (Lipinski definition) is 1. The SMILES string of the molecule is CCCNCCCCc1cc(Br)c(C)cc1Br. The molecule has 0 radical (unpaired) electrons. The van der Waals surface area contributed by atoms with Crippen LogP contribution >= 0.6 is 31.9 Å². The van der Waals surface area contributed by atoms with E-state index in [4.69, 9.17) is 0 Å². The molecule has 1 nitrogen and oxygen atoms in total. The van der Waals surface area contributed by atoms with Gasteiger partial charge >= 0.3 is 0 Å². The largest absolute Gasteiger partial charge is 0.317 e. The first-order valence-corrected chi connectivity index (χ1v) is 7.89. The topological polar surface area (TPSA) is 12.0 Å². The molecular formula is C14H21Br2N. The summed E-state index contributed by atoms with van der Waals surface area (Å²) in [5.74, 6) is 0. The van der Waals surface area contributed by atoms with Gasteiger partial charge in [0, 0.05) is 8.95 Å². The van der Waals surface area contributed by atoms with E-state index in [2.05, 4.69) is 63.2 Å². The fourth-order valence-corrected chi connectivity index (χ4v) is 2.79. The fourth-order valence-electron chi connectivity index (χ4n) is 1.75. The molecule has 0 aliphatic carbocycles. The van der Waals surface area contributed by atoms with Crippen molar-refractivity contribution in [1.82, 2.24) is 5.32 Å². The molecule has 0 aliphatic heterocycles. The minimum atomic E-state index is 1.14. The zero-order chi connectivity index (χ0) is 12.7. The zero-order valence-corrected chi connectivity index (χ0v) is 13.8. The van der Waals surface area contributed by atoms with Gasteiger partial charge in [-0.25, -0.2) is 0 Å². The van der Waals surface area contributed by atoms with Crippen molar-refractivity contribution in [1.29, 1.82) is 0 Å². The van der Waals surface area contributed by atoms with Crippen LogP contribution in [0.4, 0.5) is 0 Å². The second kappa shape index (κ2) is 8.28. The summed E-state index contributed by atoms with van der Waals surface area (Å²) in [6.45, 7) is 6.60. The highest BCUT2D eigenvalue weighted by Crippen LogP contribution is 2.26. The number of nitrogens with one attached hydrogen (secondary N) is 1. The molecule has 0 atom stereocenters. The molecule has 1 rings (SSSR count). The summed E-state index contributed by atoms with van der Waals surface area (Å²) in [7, 11) is 0. The number of hydrogen-bond acceptors (Lipinski definition) is 1. The summed E-state index contributed by atoms with van der Waals surface area (Å²) in [4.78, 5) is 0. The predicted molar refractivity (Wildman–Crippen MR) is 82.7 cm³/mol. The number of benzene rings is 1. The average Bonchev–Trinajstić information content (AvgIpc) is 2.30. The van der Waals surface area contributed by atoms with E-state index in [-0.39, 0.29) is 0 Å². The minimum Gasteiger partial charge on any atom is -0.317 e. The van der Waals surface area contributed by atoms with Crippen LogP contribution in [0, 0.1) is 6.92 Å². The molecule has 0 bridgehead atoms. The maximum Gasteiger partial charge on any atom is 0.0210 e. The maximum absolute atomic E-state index is 3.64. The van der Waals surface area contributed by atoms with Gasteiger partial charge in [-0.3, -0.25) is 0 Å². The molecule has 3 heteroatoms. The van der Waals surface area contributed by atoms with Crippen molar-refractivity contribution in [3.05, 3.63) is 32.2 Å². The molecule has 1 aromatic rings. The first kappa shape index (κ1) is 15.2. The van der Waals surface area contributed by atoms with Gasteiger partial charge in [0.25, 0.3) is 0 Å². The van der Waals surface area contributed by atoms with Gasteiger partial charge in [0.2, 0.25) is 0 Å². The van der Waals surface area contributed by atoms with Crippen molar-refractivity contribution in [2.45, 2.75) is 39.5 Å². The number of halogens is 2. The van der Waals surface area contributed by atoms with Crippen LogP contribution in [0.15, 0.2) is 21.1 Å². The molecule has 0 unspecified atom stereocenters. The quantitative estimate of drug-likeness (QED) is 0.684. The molecule has 0 amide bonds. The van der Waals surface area contributed by atoms with Crippen molar-refractivity contribution >= 4 is 31.9 Å². The highest BCUT2D eigenvalue weighted by atomic mass is 79.9. The van der Waals surface area contributed by atoms with Crippen LogP contribution in [0.2, 0.25) is 0 Å². The standard InChI is InChI=1S/C14H21Br2N/c1-3-7-17-8-5-4-6-12-10-13(15)11(2)9-14(12)16/h9-10,17H,3-8H2,1-2H3. The van der Waals surface area contributed by atoms with E-state index in [1.165, 1.54) is 39.3 Å². The first-order chi connectivity index (χ1) is 8.15. The molecule has 1 N–H and O–H groups in total. The van der Waals surface area contributed by atoms with Crippen LogP contribution in [-0.4, -0.2) is 13.1 Å². The Balaban J connectivity index is 2.34.